The van der Waals surface area contributed by atoms with Gasteiger partial charge in [0.25, 0.3) is 0 Å². The number of amides is 1. The van der Waals surface area contributed by atoms with Crippen LogP contribution in [0.4, 0.5) is 0 Å². The first-order valence-electron chi connectivity index (χ1n) is 6.27. The molecule has 0 aromatic rings. The van der Waals surface area contributed by atoms with Crippen LogP contribution in [-0.2, 0) is 19.1 Å². The number of aliphatic carboxylic acids is 1. The molecule has 1 fully saturated rings. The van der Waals surface area contributed by atoms with Crippen molar-refractivity contribution in [3.63, 3.8) is 0 Å². The lowest BCUT2D eigenvalue weighted by molar-refractivity contribution is -0.146. The zero-order valence-corrected chi connectivity index (χ0v) is 11.1. The number of carbonyl (C=O) groups excluding carboxylic acids is 2. The molecule has 1 rings (SSSR count). The molecule has 7 heteroatoms. The predicted molar refractivity (Wildman–Crippen MR) is 66.4 cm³/mol. The molecule has 0 aliphatic carbocycles. The van der Waals surface area contributed by atoms with Crippen molar-refractivity contribution < 1.29 is 24.2 Å². The van der Waals surface area contributed by atoms with E-state index in [1.807, 2.05) is 6.92 Å². The van der Waals surface area contributed by atoms with Gasteiger partial charge in [-0.3, -0.25) is 9.59 Å². The van der Waals surface area contributed by atoms with Gasteiger partial charge in [0, 0.05) is 6.42 Å². The van der Waals surface area contributed by atoms with Crippen molar-refractivity contribution in [2.45, 2.75) is 38.3 Å². The summed E-state index contributed by atoms with van der Waals surface area (Å²) in [7, 11) is 1.21. The molecule has 3 unspecified atom stereocenters. The third kappa shape index (κ3) is 4.86. The zero-order valence-electron chi connectivity index (χ0n) is 11.1. The van der Waals surface area contributed by atoms with Gasteiger partial charge in [0.1, 0.15) is 6.04 Å². The fourth-order valence-corrected chi connectivity index (χ4v) is 2.04. The molecule has 0 aromatic heterocycles. The Balaban J connectivity index is 2.53. The highest BCUT2D eigenvalue weighted by Crippen LogP contribution is 2.13. The van der Waals surface area contributed by atoms with Crippen molar-refractivity contribution in [2.24, 2.45) is 5.92 Å². The van der Waals surface area contributed by atoms with Crippen LogP contribution in [0.1, 0.15) is 26.2 Å². The Kier molecular flexibility index (Phi) is 5.75. The summed E-state index contributed by atoms with van der Waals surface area (Å²) in [6.07, 6.45) is 0.531. The van der Waals surface area contributed by atoms with Gasteiger partial charge in [-0.15, -0.1) is 0 Å². The Morgan fingerprint density at radius 1 is 1.47 bits per heavy atom. The number of hydrogen-bond acceptors (Lipinski definition) is 5. The van der Waals surface area contributed by atoms with E-state index in [0.717, 1.165) is 6.54 Å². The number of esters is 1. The minimum absolute atomic E-state index is 0.0238. The fraction of sp³-hybridized carbons (Fsp3) is 0.750. The summed E-state index contributed by atoms with van der Waals surface area (Å²) in [6, 6.07) is -1.24. The fourth-order valence-electron chi connectivity index (χ4n) is 2.04. The molecular formula is C12H20N2O5. The van der Waals surface area contributed by atoms with Crippen molar-refractivity contribution in [2.75, 3.05) is 13.7 Å². The van der Waals surface area contributed by atoms with Gasteiger partial charge in [0.15, 0.2) is 0 Å². The maximum atomic E-state index is 11.9. The monoisotopic (exact) mass is 272 g/mol. The summed E-state index contributed by atoms with van der Waals surface area (Å²) < 4.78 is 4.56. The van der Waals surface area contributed by atoms with Gasteiger partial charge < -0.3 is 20.5 Å². The van der Waals surface area contributed by atoms with Crippen LogP contribution in [0.5, 0.6) is 0 Å². The molecule has 108 valence electrons. The molecule has 1 aliphatic heterocycles. The summed E-state index contributed by atoms with van der Waals surface area (Å²) in [5, 5.41) is 14.2. The van der Waals surface area contributed by atoms with Gasteiger partial charge in [-0.1, -0.05) is 6.92 Å². The lowest BCUT2D eigenvalue weighted by Gasteiger charge is -2.18. The van der Waals surface area contributed by atoms with Crippen molar-refractivity contribution in [1.82, 2.24) is 10.6 Å². The van der Waals surface area contributed by atoms with Crippen LogP contribution in [-0.4, -0.2) is 48.7 Å². The first-order valence-corrected chi connectivity index (χ1v) is 6.27. The summed E-state index contributed by atoms with van der Waals surface area (Å²) in [4.78, 5) is 33.9. The van der Waals surface area contributed by atoms with Gasteiger partial charge in [-0.25, -0.2) is 4.79 Å². The van der Waals surface area contributed by atoms with Gasteiger partial charge in [-0.2, -0.15) is 0 Å². The minimum atomic E-state index is -1.02. The molecule has 3 atom stereocenters. The standard InChI is InChI=1S/C12H20N2O5/c1-7-5-9(13-6-7)11(17)14-8(12(18)19-2)3-4-10(15)16/h7-9,13H,3-6H2,1-2H3,(H,14,17)(H,15,16). The molecule has 1 saturated heterocycles. The van der Waals surface area contributed by atoms with E-state index >= 15 is 0 Å². The van der Waals surface area contributed by atoms with Gasteiger partial charge in [-0.05, 0) is 25.3 Å². The van der Waals surface area contributed by atoms with E-state index in [0.29, 0.717) is 12.3 Å². The van der Waals surface area contributed by atoms with Gasteiger partial charge in [0.05, 0.1) is 13.2 Å². The quantitative estimate of drug-likeness (QED) is 0.563. The molecule has 0 radical (unpaired) electrons. The van der Waals surface area contributed by atoms with Crippen LogP contribution in [0.3, 0.4) is 0 Å². The van der Waals surface area contributed by atoms with Crippen LogP contribution < -0.4 is 10.6 Å². The third-order valence-electron chi connectivity index (χ3n) is 3.12. The normalized spacial score (nSPS) is 23.7. The molecule has 3 N–H and O–H groups in total. The first-order chi connectivity index (χ1) is 8.93. The van der Waals surface area contributed by atoms with Gasteiger partial charge in [0.2, 0.25) is 5.91 Å². The van der Waals surface area contributed by atoms with Crippen LogP contribution >= 0.6 is 0 Å². The summed E-state index contributed by atoms with van der Waals surface area (Å²) in [6.45, 7) is 2.79. The summed E-state index contributed by atoms with van der Waals surface area (Å²) in [5.41, 5.74) is 0. The van der Waals surface area contributed by atoms with E-state index < -0.39 is 18.0 Å². The smallest absolute Gasteiger partial charge is 0.328 e. The Labute approximate surface area is 111 Å². The number of nitrogens with one attached hydrogen (secondary N) is 2. The average Bonchev–Trinajstić information content (AvgIpc) is 2.79. The van der Waals surface area contributed by atoms with Crippen molar-refractivity contribution in [3.8, 4) is 0 Å². The second-order valence-corrected chi connectivity index (χ2v) is 4.82. The lowest BCUT2D eigenvalue weighted by Crippen LogP contribution is -2.48. The Bertz CT molecular complexity index is 358. The highest BCUT2D eigenvalue weighted by molar-refractivity contribution is 5.88. The van der Waals surface area contributed by atoms with E-state index in [1.165, 1.54) is 7.11 Å². The maximum Gasteiger partial charge on any atom is 0.328 e. The van der Waals surface area contributed by atoms with Crippen LogP contribution in [0, 0.1) is 5.92 Å². The minimum Gasteiger partial charge on any atom is -0.481 e. The van der Waals surface area contributed by atoms with Crippen molar-refractivity contribution in [1.29, 1.82) is 0 Å². The van der Waals surface area contributed by atoms with Crippen molar-refractivity contribution >= 4 is 17.8 Å². The van der Waals surface area contributed by atoms with E-state index in [4.69, 9.17) is 5.11 Å². The topological polar surface area (TPSA) is 105 Å². The summed E-state index contributed by atoms with van der Waals surface area (Å²) in [5.74, 6) is -1.52. The molecule has 0 bridgehead atoms. The Morgan fingerprint density at radius 3 is 2.63 bits per heavy atom. The number of carboxylic acid groups (broad SMARTS) is 1. The molecule has 1 heterocycles. The Hall–Kier alpha value is -1.63. The molecule has 1 amide bonds. The second-order valence-electron chi connectivity index (χ2n) is 4.82. The van der Waals surface area contributed by atoms with E-state index in [2.05, 4.69) is 15.4 Å². The number of methoxy groups -OCH3 is 1. The highest BCUT2D eigenvalue weighted by atomic mass is 16.5. The zero-order chi connectivity index (χ0) is 14.4. The first kappa shape index (κ1) is 15.4. The molecule has 19 heavy (non-hydrogen) atoms. The average molecular weight is 272 g/mol. The molecule has 1 aliphatic rings. The maximum absolute atomic E-state index is 11.9. The number of hydrogen-bond donors (Lipinski definition) is 3. The van der Waals surface area contributed by atoms with Crippen LogP contribution in [0.2, 0.25) is 0 Å². The van der Waals surface area contributed by atoms with E-state index in [9.17, 15) is 14.4 Å². The Morgan fingerprint density at radius 2 is 2.16 bits per heavy atom. The number of rotatable bonds is 6. The summed E-state index contributed by atoms with van der Waals surface area (Å²) >= 11 is 0. The van der Waals surface area contributed by atoms with Crippen LogP contribution in [0.25, 0.3) is 0 Å². The number of carbonyl (C=O) groups is 3. The number of carboxylic acids is 1. The van der Waals surface area contributed by atoms with E-state index in [-0.39, 0.29) is 24.8 Å². The van der Waals surface area contributed by atoms with E-state index in [1.54, 1.807) is 0 Å². The number of ether oxygens (including phenoxy) is 1. The second kappa shape index (κ2) is 7.08. The highest BCUT2D eigenvalue weighted by Gasteiger charge is 2.30. The SMILES string of the molecule is COC(=O)C(CCC(=O)O)NC(=O)C1CC(C)CN1. The third-order valence-corrected chi connectivity index (χ3v) is 3.12. The largest absolute Gasteiger partial charge is 0.481 e. The molecule has 7 nitrogen and oxygen atoms in total. The van der Waals surface area contributed by atoms with Gasteiger partial charge >= 0.3 is 11.9 Å². The predicted octanol–water partition coefficient (Wildman–Crippen LogP) is -0.493. The molecule has 0 spiro atoms. The molecule has 0 saturated carbocycles. The van der Waals surface area contributed by atoms with Crippen LogP contribution in [0.15, 0.2) is 0 Å². The molecule has 0 aromatic carbocycles. The molecular weight excluding hydrogens is 252 g/mol. The van der Waals surface area contributed by atoms with Crippen molar-refractivity contribution in [3.05, 3.63) is 0 Å². The lowest BCUT2D eigenvalue weighted by atomic mass is 10.1.